The quantitative estimate of drug-likeness (QED) is 0.729. The molecular formula is C17H17BrO4. The second-order valence-electron chi connectivity index (χ2n) is 4.57. The maximum Gasteiger partial charge on any atom is 0.174 e. The minimum absolute atomic E-state index is 0.0977. The van der Waals surface area contributed by atoms with Gasteiger partial charge in [-0.15, -0.1) is 0 Å². The zero-order chi connectivity index (χ0) is 16.1. The fraction of sp³-hybridized carbons (Fsp3) is 0.235. The summed E-state index contributed by atoms with van der Waals surface area (Å²) >= 11 is 3.40. The lowest BCUT2D eigenvalue weighted by molar-refractivity contribution is 0.0986. The number of carbonyl (C=O) groups is 1. The number of carbonyl (C=O) groups excluding carboxylic acids is 1. The van der Waals surface area contributed by atoms with Gasteiger partial charge in [0.1, 0.15) is 22.8 Å². The number of hydrogen-bond donors (Lipinski definition) is 0. The van der Waals surface area contributed by atoms with Crippen molar-refractivity contribution in [2.45, 2.75) is 6.42 Å². The molecule has 0 radical (unpaired) electrons. The van der Waals surface area contributed by atoms with Crippen LogP contribution in [0.4, 0.5) is 0 Å². The van der Waals surface area contributed by atoms with Crippen LogP contribution in [0.5, 0.6) is 17.2 Å². The summed E-state index contributed by atoms with van der Waals surface area (Å²) < 4.78 is 16.7. The predicted molar refractivity (Wildman–Crippen MR) is 88.3 cm³/mol. The number of rotatable bonds is 6. The van der Waals surface area contributed by atoms with Gasteiger partial charge < -0.3 is 14.2 Å². The van der Waals surface area contributed by atoms with Crippen molar-refractivity contribution in [3.8, 4) is 17.2 Å². The first kappa shape index (κ1) is 16.4. The molecule has 2 aromatic rings. The van der Waals surface area contributed by atoms with E-state index in [9.17, 15) is 4.79 Å². The molecule has 0 saturated heterocycles. The lowest BCUT2D eigenvalue weighted by Crippen LogP contribution is -2.09. The third-order valence-electron chi connectivity index (χ3n) is 3.32. The number of para-hydroxylation sites is 1. The molecule has 116 valence electrons. The first-order chi connectivity index (χ1) is 10.6. The van der Waals surface area contributed by atoms with Crippen molar-refractivity contribution in [1.82, 2.24) is 0 Å². The average molecular weight is 365 g/mol. The van der Waals surface area contributed by atoms with Crippen LogP contribution in [0.25, 0.3) is 0 Å². The van der Waals surface area contributed by atoms with Crippen molar-refractivity contribution < 1.29 is 19.0 Å². The summed E-state index contributed by atoms with van der Waals surface area (Å²) in [5.74, 6) is 1.54. The van der Waals surface area contributed by atoms with Crippen molar-refractivity contribution in [3.63, 3.8) is 0 Å². The first-order valence-corrected chi connectivity index (χ1v) is 7.47. The van der Waals surface area contributed by atoms with Crippen LogP contribution in [0.15, 0.2) is 40.9 Å². The van der Waals surface area contributed by atoms with E-state index >= 15 is 0 Å². The van der Waals surface area contributed by atoms with Crippen molar-refractivity contribution >= 4 is 21.7 Å². The van der Waals surface area contributed by atoms with Crippen molar-refractivity contribution in [2.24, 2.45) is 0 Å². The summed E-state index contributed by atoms with van der Waals surface area (Å²) in [5.41, 5.74) is 1.24. The monoisotopic (exact) mass is 364 g/mol. The number of ketones is 1. The molecule has 22 heavy (non-hydrogen) atoms. The Morgan fingerprint density at radius 3 is 2.27 bits per heavy atom. The Morgan fingerprint density at radius 2 is 1.64 bits per heavy atom. The highest BCUT2D eigenvalue weighted by atomic mass is 79.9. The van der Waals surface area contributed by atoms with E-state index in [1.165, 1.54) is 14.2 Å². The Bertz CT molecular complexity index is 682. The van der Waals surface area contributed by atoms with Gasteiger partial charge in [0.15, 0.2) is 5.78 Å². The van der Waals surface area contributed by atoms with E-state index in [2.05, 4.69) is 15.9 Å². The van der Waals surface area contributed by atoms with Gasteiger partial charge in [0.05, 0.1) is 25.8 Å². The summed E-state index contributed by atoms with van der Waals surface area (Å²) in [4.78, 5) is 12.8. The highest BCUT2D eigenvalue weighted by Crippen LogP contribution is 2.36. The zero-order valence-corrected chi connectivity index (χ0v) is 14.3. The summed E-state index contributed by atoms with van der Waals surface area (Å²) in [6, 6.07) is 11.0. The van der Waals surface area contributed by atoms with Crippen LogP contribution in [0.2, 0.25) is 0 Å². The van der Waals surface area contributed by atoms with E-state index in [1.807, 2.05) is 24.3 Å². The van der Waals surface area contributed by atoms with E-state index in [4.69, 9.17) is 14.2 Å². The maximum atomic E-state index is 12.8. The standard InChI is InChI=1S/C17H17BrO4/c1-20-14-7-5-4-6-11(14)10-13(19)16-15(21-2)9-8-12(18)17(16)22-3/h4-9H,10H2,1-3H3. The first-order valence-electron chi connectivity index (χ1n) is 6.68. The van der Waals surface area contributed by atoms with E-state index < -0.39 is 0 Å². The van der Waals surface area contributed by atoms with Gasteiger partial charge in [-0.25, -0.2) is 0 Å². The summed E-state index contributed by atoms with van der Waals surface area (Å²) in [6.07, 6.45) is 0.202. The third-order valence-corrected chi connectivity index (χ3v) is 3.94. The van der Waals surface area contributed by atoms with Crippen LogP contribution in [-0.2, 0) is 6.42 Å². The Balaban J connectivity index is 2.43. The topological polar surface area (TPSA) is 44.8 Å². The van der Waals surface area contributed by atoms with Gasteiger partial charge in [-0.3, -0.25) is 4.79 Å². The molecule has 5 heteroatoms. The second kappa shape index (κ2) is 7.31. The molecule has 0 spiro atoms. The van der Waals surface area contributed by atoms with Gasteiger partial charge in [-0.2, -0.15) is 0 Å². The summed E-state index contributed by atoms with van der Waals surface area (Å²) in [5, 5.41) is 0. The Morgan fingerprint density at radius 1 is 0.955 bits per heavy atom. The molecule has 2 aromatic carbocycles. The zero-order valence-electron chi connectivity index (χ0n) is 12.7. The molecule has 0 aliphatic carbocycles. The lowest BCUT2D eigenvalue weighted by Gasteiger charge is -2.14. The van der Waals surface area contributed by atoms with E-state index in [1.54, 1.807) is 19.2 Å². The Hall–Kier alpha value is -2.01. The molecule has 2 rings (SSSR count). The molecule has 0 unspecified atom stereocenters. The second-order valence-corrected chi connectivity index (χ2v) is 5.42. The van der Waals surface area contributed by atoms with Crippen LogP contribution in [-0.4, -0.2) is 27.1 Å². The normalized spacial score (nSPS) is 10.2. The van der Waals surface area contributed by atoms with Crippen LogP contribution in [0.3, 0.4) is 0 Å². The minimum Gasteiger partial charge on any atom is -0.496 e. The fourth-order valence-corrected chi connectivity index (χ4v) is 2.78. The van der Waals surface area contributed by atoms with Gasteiger partial charge in [0.2, 0.25) is 0 Å². The third kappa shape index (κ3) is 3.25. The maximum absolute atomic E-state index is 12.8. The molecule has 0 heterocycles. The van der Waals surface area contributed by atoms with E-state index in [0.29, 0.717) is 27.3 Å². The van der Waals surface area contributed by atoms with Gasteiger partial charge in [0.25, 0.3) is 0 Å². The number of halogens is 1. The SMILES string of the molecule is COc1ccccc1CC(=O)c1c(OC)ccc(Br)c1OC. The minimum atomic E-state index is -0.0977. The number of benzene rings is 2. The van der Waals surface area contributed by atoms with Gasteiger partial charge in [-0.05, 0) is 34.1 Å². The van der Waals surface area contributed by atoms with Crippen LogP contribution >= 0.6 is 15.9 Å². The Kier molecular flexibility index (Phi) is 5.44. The van der Waals surface area contributed by atoms with Crippen molar-refractivity contribution in [3.05, 3.63) is 52.0 Å². The van der Waals surface area contributed by atoms with Crippen LogP contribution in [0, 0.1) is 0 Å². The largest absolute Gasteiger partial charge is 0.496 e. The van der Waals surface area contributed by atoms with Gasteiger partial charge in [0, 0.05) is 12.0 Å². The number of hydrogen-bond acceptors (Lipinski definition) is 4. The molecule has 0 bridgehead atoms. The highest BCUT2D eigenvalue weighted by molar-refractivity contribution is 9.10. The molecule has 0 saturated carbocycles. The number of Topliss-reactive ketones (excluding diaryl/α,β-unsaturated/α-hetero) is 1. The van der Waals surface area contributed by atoms with Crippen LogP contribution in [0.1, 0.15) is 15.9 Å². The van der Waals surface area contributed by atoms with Crippen molar-refractivity contribution in [1.29, 1.82) is 0 Å². The Labute approximate surface area is 138 Å². The molecule has 0 fully saturated rings. The molecular weight excluding hydrogens is 348 g/mol. The predicted octanol–water partition coefficient (Wildman–Crippen LogP) is 3.90. The molecule has 4 nitrogen and oxygen atoms in total. The number of ether oxygens (including phenoxy) is 3. The number of methoxy groups -OCH3 is 3. The average Bonchev–Trinajstić information content (AvgIpc) is 2.54. The molecule has 0 amide bonds. The van der Waals surface area contributed by atoms with Gasteiger partial charge in [-0.1, -0.05) is 18.2 Å². The van der Waals surface area contributed by atoms with E-state index in [0.717, 1.165) is 5.56 Å². The molecule has 0 N–H and O–H groups in total. The highest BCUT2D eigenvalue weighted by Gasteiger charge is 2.22. The van der Waals surface area contributed by atoms with Crippen LogP contribution < -0.4 is 14.2 Å². The summed E-state index contributed by atoms with van der Waals surface area (Å²) in [7, 11) is 4.64. The lowest BCUT2D eigenvalue weighted by atomic mass is 10.0. The molecule has 0 aromatic heterocycles. The molecule has 0 atom stereocenters. The summed E-state index contributed by atoms with van der Waals surface area (Å²) in [6.45, 7) is 0. The van der Waals surface area contributed by atoms with Gasteiger partial charge >= 0.3 is 0 Å². The fourth-order valence-electron chi connectivity index (χ4n) is 2.28. The van der Waals surface area contributed by atoms with Crippen molar-refractivity contribution in [2.75, 3.05) is 21.3 Å². The molecule has 0 aliphatic rings. The smallest absolute Gasteiger partial charge is 0.174 e. The van der Waals surface area contributed by atoms with E-state index in [-0.39, 0.29) is 12.2 Å². The molecule has 0 aliphatic heterocycles.